The maximum atomic E-state index is 13.2. The van der Waals surface area contributed by atoms with Gasteiger partial charge in [0.1, 0.15) is 5.82 Å². The van der Waals surface area contributed by atoms with Gasteiger partial charge < -0.3 is 5.32 Å². The number of thiophene rings is 1. The zero-order valence-corrected chi connectivity index (χ0v) is 12.0. The lowest BCUT2D eigenvalue weighted by Gasteiger charge is -2.18. The van der Waals surface area contributed by atoms with Crippen molar-refractivity contribution in [3.05, 3.63) is 55.9 Å². The molecule has 0 saturated carbocycles. The highest BCUT2D eigenvalue weighted by Gasteiger charge is 2.18. The Morgan fingerprint density at radius 2 is 2.06 bits per heavy atom. The van der Waals surface area contributed by atoms with Crippen LogP contribution >= 0.6 is 34.5 Å². The smallest absolute Gasteiger partial charge is 0.141 e. The van der Waals surface area contributed by atoms with Gasteiger partial charge in [-0.25, -0.2) is 4.39 Å². The van der Waals surface area contributed by atoms with Crippen molar-refractivity contribution in [3.8, 4) is 0 Å². The average molecular weight is 304 g/mol. The van der Waals surface area contributed by atoms with Gasteiger partial charge in [0.2, 0.25) is 0 Å². The molecule has 2 rings (SSSR count). The van der Waals surface area contributed by atoms with Crippen LogP contribution in [0, 0.1) is 5.82 Å². The van der Waals surface area contributed by atoms with Gasteiger partial charge in [0.05, 0.1) is 16.1 Å². The molecule has 96 valence electrons. The highest BCUT2D eigenvalue weighted by Crippen LogP contribution is 2.34. The van der Waals surface area contributed by atoms with Crippen LogP contribution in [0.4, 0.5) is 4.39 Å². The maximum Gasteiger partial charge on any atom is 0.141 e. The Morgan fingerprint density at radius 3 is 2.61 bits per heavy atom. The molecule has 1 aromatic heterocycles. The first-order valence-electron chi connectivity index (χ1n) is 5.54. The Kier molecular flexibility index (Phi) is 4.62. The number of nitrogens with one attached hydrogen (secondary N) is 1. The highest BCUT2D eigenvalue weighted by molar-refractivity contribution is 7.10. The molecule has 0 bridgehead atoms. The summed E-state index contributed by atoms with van der Waals surface area (Å²) < 4.78 is 13.2. The molecule has 0 aliphatic heterocycles. The molecule has 1 nitrogen and oxygen atoms in total. The van der Waals surface area contributed by atoms with E-state index in [9.17, 15) is 4.39 Å². The second kappa shape index (κ2) is 6.02. The molecule has 1 atom stereocenters. The minimum Gasteiger partial charge on any atom is -0.306 e. The van der Waals surface area contributed by atoms with Crippen LogP contribution < -0.4 is 5.32 Å². The van der Waals surface area contributed by atoms with E-state index < -0.39 is 5.82 Å². The molecule has 1 unspecified atom stereocenters. The Balaban J connectivity index is 2.41. The van der Waals surface area contributed by atoms with Crippen LogP contribution in [0.2, 0.25) is 10.0 Å². The molecule has 0 aliphatic rings. The van der Waals surface area contributed by atoms with E-state index in [1.54, 1.807) is 23.5 Å². The standard InChI is InChI=1S/C13H12Cl2FNS/c1-2-17-12(13-9(14)5-6-18-13)8-3-4-11(16)10(15)7-8/h3-7,12,17H,2H2,1H3. The van der Waals surface area contributed by atoms with Gasteiger partial charge in [-0.3, -0.25) is 0 Å². The second-order valence-electron chi connectivity index (χ2n) is 3.80. The molecule has 0 radical (unpaired) electrons. The average Bonchev–Trinajstić information content (AvgIpc) is 2.76. The predicted molar refractivity (Wildman–Crippen MR) is 76.3 cm³/mol. The molecule has 0 aliphatic carbocycles. The summed E-state index contributed by atoms with van der Waals surface area (Å²) in [5.74, 6) is -0.409. The van der Waals surface area contributed by atoms with Gasteiger partial charge in [-0.15, -0.1) is 11.3 Å². The van der Waals surface area contributed by atoms with Crippen molar-refractivity contribution in [3.63, 3.8) is 0 Å². The summed E-state index contributed by atoms with van der Waals surface area (Å²) in [7, 11) is 0. The molecule has 2 aromatic rings. The van der Waals surface area contributed by atoms with E-state index in [1.807, 2.05) is 18.4 Å². The number of rotatable bonds is 4. The van der Waals surface area contributed by atoms with Crippen LogP contribution in [0.15, 0.2) is 29.6 Å². The highest BCUT2D eigenvalue weighted by atomic mass is 35.5. The fourth-order valence-electron chi connectivity index (χ4n) is 1.77. The Bertz CT molecular complexity index is 542. The summed E-state index contributed by atoms with van der Waals surface area (Å²) in [6.07, 6.45) is 0. The van der Waals surface area contributed by atoms with Crippen molar-refractivity contribution >= 4 is 34.5 Å². The quantitative estimate of drug-likeness (QED) is 0.847. The second-order valence-corrected chi connectivity index (χ2v) is 5.56. The molecule has 0 amide bonds. The lowest BCUT2D eigenvalue weighted by Crippen LogP contribution is -2.21. The number of hydrogen-bond donors (Lipinski definition) is 1. The molecular formula is C13H12Cl2FNS. The molecule has 18 heavy (non-hydrogen) atoms. The Labute approximate surface area is 120 Å². The van der Waals surface area contributed by atoms with E-state index in [-0.39, 0.29) is 11.1 Å². The lowest BCUT2D eigenvalue weighted by atomic mass is 10.1. The van der Waals surface area contributed by atoms with Crippen LogP contribution in [-0.4, -0.2) is 6.54 Å². The third-order valence-corrected chi connectivity index (χ3v) is 4.31. The van der Waals surface area contributed by atoms with Gasteiger partial charge in [0.15, 0.2) is 0 Å². The summed E-state index contributed by atoms with van der Waals surface area (Å²) in [5.41, 5.74) is 0.910. The molecule has 1 N–H and O–H groups in total. The SMILES string of the molecule is CCNC(c1ccc(F)c(Cl)c1)c1sccc1Cl. The van der Waals surface area contributed by atoms with Gasteiger partial charge in [0, 0.05) is 4.88 Å². The van der Waals surface area contributed by atoms with Crippen molar-refractivity contribution in [2.24, 2.45) is 0 Å². The molecule has 1 aromatic carbocycles. The summed E-state index contributed by atoms with van der Waals surface area (Å²) in [6, 6.07) is 6.55. The first-order chi connectivity index (χ1) is 8.63. The predicted octanol–water partition coefficient (Wildman–Crippen LogP) is 4.89. The molecule has 0 saturated heterocycles. The summed E-state index contributed by atoms with van der Waals surface area (Å²) in [6.45, 7) is 2.80. The van der Waals surface area contributed by atoms with Crippen molar-refractivity contribution < 1.29 is 4.39 Å². The Morgan fingerprint density at radius 1 is 1.28 bits per heavy atom. The van der Waals surface area contributed by atoms with Crippen molar-refractivity contribution in [1.29, 1.82) is 0 Å². The molecule has 1 heterocycles. The van der Waals surface area contributed by atoms with E-state index in [1.165, 1.54) is 6.07 Å². The minimum absolute atomic E-state index is 0.0550. The van der Waals surface area contributed by atoms with Gasteiger partial charge in [-0.05, 0) is 35.7 Å². The van der Waals surface area contributed by atoms with E-state index in [2.05, 4.69) is 5.32 Å². The zero-order valence-electron chi connectivity index (χ0n) is 9.71. The normalized spacial score (nSPS) is 12.7. The van der Waals surface area contributed by atoms with E-state index in [0.29, 0.717) is 5.02 Å². The van der Waals surface area contributed by atoms with E-state index in [4.69, 9.17) is 23.2 Å². The van der Waals surface area contributed by atoms with E-state index >= 15 is 0 Å². The number of hydrogen-bond acceptors (Lipinski definition) is 2. The van der Waals surface area contributed by atoms with Crippen LogP contribution in [0.25, 0.3) is 0 Å². The van der Waals surface area contributed by atoms with Gasteiger partial charge in [0.25, 0.3) is 0 Å². The van der Waals surface area contributed by atoms with Crippen molar-refractivity contribution in [1.82, 2.24) is 5.32 Å². The topological polar surface area (TPSA) is 12.0 Å². The maximum absolute atomic E-state index is 13.2. The first kappa shape index (κ1) is 13.8. The third kappa shape index (κ3) is 2.86. The molecular weight excluding hydrogens is 292 g/mol. The summed E-state index contributed by atoms with van der Waals surface area (Å²) in [5, 5.41) is 6.11. The summed E-state index contributed by atoms with van der Waals surface area (Å²) >= 11 is 13.6. The molecule has 5 heteroatoms. The third-order valence-electron chi connectivity index (χ3n) is 2.59. The zero-order chi connectivity index (χ0) is 13.1. The van der Waals surface area contributed by atoms with Crippen LogP contribution in [0.1, 0.15) is 23.4 Å². The largest absolute Gasteiger partial charge is 0.306 e. The minimum atomic E-state index is -0.409. The van der Waals surface area contributed by atoms with Crippen LogP contribution in [0.3, 0.4) is 0 Å². The first-order valence-corrected chi connectivity index (χ1v) is 7.18. The number of halogens is 3. The summed E-state index contributed by atoms with van der Waals surface area (Å²) in [4.78, 5) is 1.01. The van der Waals surface area contributed by atoms with Crippen molar-refractivity contribution in [2.75, 3.05) is 6.54 Å². The Hall–Kier alpha value is -0.610. The van der Waals surface area contributed by atoms with Gasteiger partial charge in [-0.2, -0.15) is 0 Å². The molecule has 0 spiro atoms. The number of benzene rings is 1. The fraction of sp³-hybridized carbons (Fsp3) is 0.231. The molecule has 0 fully saturated rings. The van der Waals surface area contributed by atoms with E-state index in [0.717, 1.165) is 17.0 Å². The lowest BCUT2D eigenvalue weighted by molar-refractivity contribution is 0.617. The van der Waals surface area contributed by atoms with Crippen LogP contribution in [-0.2, 0) is 0 Å². The monoisotopic (exact) mass is 303 g/mol. The fourth-order valence-corrected chi connectivity index (χ4v) is 3.23. The van der Waals surface area contributed by atoms with Crippen LogP contribution in [0.5, 0.6) is 0 Å². The van der Waals surface area contributed by atoms with Gasteiger partial charge in [-0.1, -0.05) is 36.2 Å². The van der Waals surface area contributed by atoms with Gasteiger partial charge >= 0.3 is 0 Å². The van der Waals surface area contributed by atoms with Crippen molar-refractivity contribution in [2.45, 2.75) is 13.0 Å².